The highest BCUT2D eigenvalue weighted by Crippen LogP contribution is 2.27. The average molecular weight is 480 g/mol. The van der Waals surface area contributed by atoms with E-state index in [4.69, 9.17) is 5.11 Å². The van der Waals surface area contributed by atoms with Crippen LogP contribution in [-0.2, 0) is 9.53 Å². The Balaban J connectivity index is 2.82. The first-order chi connectivity index (χ1) is 8.32. The molecule has 0 fully saturated rings. The van der Waals surface area contributed by atoms with Gasteiger partial charge >= 0.3 is 11.9 Å². The molecule has 0 saturated heterocycles. The average Bonchev–Trinajstić information content (AvgIpc) is 2.29. The molecule has 0 heterocycles. The molecule has 0 radical (unpaired) electrons. The van der Waals surface area contributed by atoms with E-state index in [-0.39, 0.29) is 11.3 Å². The summed E-state index contributed by atoms with van der Waals surface area (Å²) in [6.45, 7) is -0.893. The molecular formula is C10H7FI2O5. The van der Waals surface area contributed by atoms with Crippen LogP contribution in [0.25, 0.3) is 0 Å². The number of hydrogen-bond acceptors (Lipinski definition) is 4. The Bertz CT molecular complexity index is 491. The van der Waals surface area contributed by atoms with Crippen molar-refractivity contribution in [2.24, 2.45) is 0 Å². The minimum absolute atomic E-state index is 0.121. The number of alkyl halides is 1. The van der Waals surface area contributed by atoms with E-state index >= 15 is 0 Å². The molecule has 1 aromatic carbocycles. The Morgan fingerprint density at radius 1 is 1.39 bits per heavy atom. The molecule has 0 aliphatic heterocycles. The number of phenolic OH excluding ortho intramolecular Hbond substituents is 1. The molecule has 0 bridgehead atoms. The van der Waals surface area contributed by atoms with Crippen LogP contribution in [0.3, 0.4) is 0 Å². The first-order valence-corrected chi connectivity index (χ1v) is 6.70. The number of ether oxygens (including phenoxy) is 1. The molecule has 0 aromatic heterocycles. The third-order valence-corrected chi connectivity index (χ3v) is 3.32. The second kappa shape index (κ2) is 6.50. The smallest absolute Gasteiger partial charge is 0.342 e. The van der Waals surface area contributed by atoms with E-state index < -0.39 is 24.7 Å². The maximum Gasteiger partial charge on any atom is 0.342 e. The summed E-state index contributed by atoms with van der Waals surface area (Å²) in [5.41, 5.74) is -0.121. The van der Waals surface area contributed by atoms with Gasteiger partial charge in [-0.2, -0.15) is 0 Å². The molecule has 0 saturated carbocycles. The van der Waals surface area contributed by atoms with Crippen LogP contribution in [0.1, 0.15) is 10.4 Å². The zero-order valence-electron chi connectivity index (χ0n) is 8.69. The maximum absolute atomic E-state index is 12.7. The fourth-order valence-electron chi connectivity index (χ4n) is 1.02. The minimum Gasteiger partial charge on any atom is -0.506 e. The highest BCUT2D eigenvalue weighted by Gasteiger charge is 2.21. The van der Waals surface area contributed by atoms with Gasteiger partial charge in [0.05, 0.1) is 3.57 Å². The van der Waals surface area contributed by atoms with Crippen LogP contribution in [0.4, 0.5) is 4.39 Å². The van der Waals surface area contributed by atoms with Crippen molar-refractivity contribution >= 4 is 57.1 Å². The molecule has 1 rings (SSSR count). The topological polar surface area (TPSA) is 83.8 Å². The largest absolute Gasteiger partial charge is 0.506 e. The zero-order chi connectivity index (χ0) is 13.9. The third-order valence-electron chi connectivity index (χ3n) is 1.88. The van der Waals surface area contributed by atoms with Crippen molar-refractivity contribution in [1.29, 1.82) is 0 Å². The number of carbonyl (C=O) groups excluding carboxylic acids is 1. The Kier molecular flexibility index (Phi) is 5.56. The van der Waals surface area contributed by atoms with Crippen molar-refractivity contribution in [2.45, 2.75) is 6.17 Å². The summed E-state index contributed by atoms with van der Waals surface area (Å²) in [6, 6.07) is 3.01. The molecule has 5 nitrogen and oxygen atoms in total. The first kappa shape index (κ1) is 15.4. The van der Waals surface area contributed by atoms with Gasteiger partial charge < -0.3 is 14.9 Å². The molecule has 98 valence electrons. The normalized spacial score (nSPS) is 11.9. The van der Waals surface area contributed by atoms with Gasteiger partial charge in [-0.1, -0.05) is 0 Å². The number of rotatable bonds is 4. The van der Waals surface area contributed by atoms with E-state index in [1.807, 2.05) is 45.2 Å². The summed E-state index contributed by atoms with van der Waals surface area (Å²) >= 11 is 3.77. The molecule has 0 aliphatic carbocycles. The first-order valence-electron chi connectivity index (χ1n) is 4.55. The van der Waals surface area contributed by atoms with E-state index in [2.05, 4.69) is 4.74 Å². The molecule has 1 aromatic rings. The highest BCUT2D eigenvalue weighted by atomic mass is 127. The number of benzene rings is 1. The second-order valence-corrected chi connectivity index (χ2v) is 5.60. The lowest BCUT2D eigenvalue weighted by atomic mass is 10.2. The molecule has 0 aliphatic rings. The van der Waals surface area contributed by atoms with E-state index in [9.17, 15) is 19.1 Å². The third kappa shape index (κ3) is 3.93. The number of carbonyl (C=O) groups is 2. The van der Waals surface area contributed by atoms with Crippen LogP contribution in [-0.4, -0.2) is 34.9 Å². The van der Waals surface area contributed by atoms with Crippen molar-refractivity contribution in [1.82, 2.24) is 0 Å². The highest BCUT2D eigenvalue weighted by molar-refractivity contribution is 14.1. The van der Waals surface area contributed by atoms with Gasteiger partial charge in [-0.15, -0.1) is 0 Å². The van der Waals surface area contributed by atoms with Gasteiger partial charge in [0.15, 0.2) is 0 Å². The number of aliphatic carboxylic acids is 1. The monoisotopic (exact) mass is 480 g/mol. The maximum atomic E-state index is 12.7. The lowest BCUT2D eigenvalue weighted by Gasteiger charge is -2.08. The van der Waals surface area contributed by atoms with E-state index in [0.29, 0.717) is 7.14 Å². The zero-order valence-corrected chi connectivity index (χ0v) is 13.0. The fraction of sp³-hybridized carbons (Fsp3) is 0.200. The predicted octanol–water partition coefficient (Wildman–Crippen LogP) is 2.18. The van der Waals surface area contributed by atoms with Crippen LogP contribution < -0.4 is 0 Å². The SMILES string of the molecule is O=C(OCC(F)C(=O)O)c1cc(I)cc(I)c1O. The Hall–Kier alpha value is -0.650. The van der Waals surface area contributed by atoms with Crippen molar-refractivity contribution in [3.05, 3.63) is 24.8 Å². The quantitative estimate of drug-likeness (QED) is 0.511. The molecule has 18 heavy (non-hydrogen) atoms. The van der Waals surface area contributed by atoms with Gasteiger partial charge in [0, 0.05) is 3.57 Å². The van der Waals surface area contributed by atoms with Gasteiger partial charge in [-0.3, -0.25) is 0 Å². The van der Waals surface area contributed by atoms with Crippen LogP contribution >= 0.6 is 45.2 Å². The number of phenols is 1. The number of carboxylic acids is 1. The Morgan fingerprint density at radius 2 is 2.00 bits per heavy atom. The lowest BCUT2D eigenvalue weighted by molar-refractivity contribution is -0.144. The summed E-state index contributed by atoms with van der Waals surface area (Å²) in [6.07, 6.45) is -2.28. The number of halogens is 3. The Morgan fingerprint density at radius 3 is 2.56 bits per heavy atom. The summed E-state index contributed by atoms with van der Waals surface area (Å²) in [4.78, 5) is 21.8. The van der Waals surface area contributed by atoms with Gasteiger partial charge in [-0.25, -0.2) is 14.0 Å². The standard InChI is InChI=1S/C10H7FI2O5/c11-6(9(15)16)3-18-10(17)5-1-4(12)2-7(13)8(5)14/h1-2,6,14H,3H2,(H,15,16). The molecule has 0 spiro atoms. The summed E-state index contributed by atoms with van der Waals surface area (Å²) in [7, 11) is 0. The Labute approximate surface area is 129 Å². The molecule has 8 heteroatoms. The van der Waals surface area contributed by atoms with E-state index in [0.717, 1.165) is 0 Å². The number of carboxylic acid groups (broad SMARTS) is 1. The van der Waals surface area contributed by atoms with E-state index in [1.54, 1.807) is 6.07 Å². The molecule has 0 amide bonds. The summed E-state index contributed by atoms with van der Waals surface area (Å²) < 4.78 is 18.3. The van der Waals surface area contributed by atoms with Gasteiger partial charge in [-0.05, 0) is 57.3 Å². The van der Waals surface area contributed by atoms with Crippen LogP contribution in [0.15, 0.2) is 12.1 Å². The predicted molar refractivity (Wildman–Crippen MR) is 76.4 cm³/mol. The van der Waals surface area contributed by atoms with Crippen LogP contribution in [0.2, 0.25) is 0 Å². The number of esters is 1. The summed E-state index contributed by atoms with van der Waals surface area (Å²) in [5.74, 6) is -2.94. The summed E-state index contributed by atoms with van der Waals surface area (Å²) in [5, 5.41) is 17.9. The number of hydrogen-bond donors (Lipinski definition) is 2. The van der Waals surface area contributed by atoms with Crippen molar-refractivity contribution in [2.75, 3.05) is 6.61 Å². The van der Waals surface area contributed by atoms with Crippen LogP contribution in [0, 0.1) is 7.14 Å². The molecule has 1 atom stereocenters. The fourth-order valence-corrected chi connectivity index (χ4v) is 2.86. The minimum atomic E-state index is -2.28. The number of aromatic hydroxyl groups is 1. The molecular weight excluding hydrogens is 473 g/mol. The van der Waals surface area contributed by atoms with Crippen molar-refractivity contribution in [3.63, 3.8) is 0 Å². The van der Waals surface area contributed by atoms with Crippen molar-refractivity contribution < 1.29 is 28.9 Å². The molecule has 2 N–H and O–H groups in total. The van der Waals surface area contributed by atoms with Crippen molar-refractivity contribution in [3.8, 4) is 5.75 Å². The van der Waals surface area contributed by atoms with Gasteiger partial charge in [0.2, 0.25) is 6.17 Å². The van der Waals surface area contributed by atoms with E-state index in [1.165, 1.54) is 6.07 Å². The second-order valence-electron chi connectivity index (χ2n) is 3.19. The van der Waals surface area contributed by atoms with Crippen LogP contribution in [0.5, 0.6) is 5.75 Å². The lowest BCUT2D eigenvalue weighted by Crippen LogP contribution is -2.23. The van der Waals surface area contributed by atoms with Gasteiger partial charge in [0.1, 0.15) is 17.9 Å². The van der Waals surface area contributed by atoms with Gasteiger partial charge in [0.25, 0.3) is 0 Å². The molecule has 1 unspecified atom stereocenters.